The summed E-state index contributed by atoms with van der Waals surface area (Å²) in [6.07, 6.45) is 7.10. The van der Waals surface area contributed by atoms with Crippen LogP contribution in [0.2, 0.25) is 0 Å². The van der Waals surface area contributed by atoms with Crippen LogP contribution in [-0.2, 0) is 5.41 Å². The van der Waals surface area contributed by atoms with Crippen molar-refractivity contribution in [3.05, 3.63) is 53.6 Å². The molecule has 5 N–H and O–H groups in total. The van der Waals surface area contributed by atoms with Crippen molar-refractivity contribution in [3.8, 4) is 0 Å². The van der Waals surface area contributed by atoms with Gasteiger partial charge in [0.1, 0.15) is 5.52 Å². The number of hydrogen-bond donors (Lipinski definition) is 5. The van der Waals surface area contributed by atoms with Gasteiger partial charge in [-0.3, -0.25) is 9.89 Å². The van der Waals surface area contributed by atoms with Gasteiger partial charge in [0.15, 0.2) is 11.5 Å². The minimum absolute atomic E-state index is 0.0268. The highest BCUT2D eigenvalue weighted by atomic mass is 16.1. The Morgan fingerprint density at radius 3 is 2.58 bits per heavy atom. The maximum absolute atomic E-state index is 12.9. The fraction of sp³-hybridized carbons (Fsp3) is 0.423. The third kappa shape index (κ3) is 5.17. The first-order valence-electron chi connectivity index (χ1n) is 12.4. The van der Waals surface area contributed by atoms with Crippen molar-refractivity contribution in [2.45, 2.75) is 70.9 Å². The molecule has 1 aliphatic rings. The van der Waals surface area contributed by atoms with Crippen LogP contribution in [0.4, 0.5) is 17.5 Å². The predicted molar refractivity (Wildman–Crippen MR) is 141 cm³/mol. The second-order valence-corrected chi connectivity index (χ2v) is 10.5. The van der Waals surface area contributed by atoms with Gasteiger partial charge in [0.2, 0.25) is 5.95 Å². The maximum Gasteiger partial charge on any atom is 0.251 e. The van der Waals surface area contributed by atoms with Crippen molar-refractivity contribution in [2.75, 3.05) is 10.6 Å². The van der Waals surface area contributed by atoms with Gasteiger partial charge in [-0.25, -0.2) is 4.98 Å². The van der Waals surface area contributed by atoms with E-state index in [1.54, 1.807) is 12.5 Å². The molecule has 10 heteroatoms. The first kappa shape index (κ1) is 23.8. The van der Waals surface area contributed by atoms with Crippen LogP contribution in [0.1, 0.15) is 68.1 Å². The minimum Gasteiger partial charge on any atom is -0.365 e. The number of nitrogens with one attached hydrogen (secondary N) is 5. The highest BCUT2D eigenvalue weighted by Crippen LogP contribution is 2.27. The zero-order chi connectivity index (χ0) is 25.3. The van der Waals surface area contributed by atoms with E-state index in [1.807, 2.05) is 31.2 Å². The van der Waals surface area contributed by atoms with Crippen molar-refractivity contribution in [1.29, 1.82) is 0 Å². The largest absolute Gasteiger partial charge is 0.365 e. The van der Waals surface area contributed by atoms with Gasteiger partial charge in [-0.05, 0) is 55.7 Å². The Morgan fingerprint density at radius 2 is 1.86 bits per heavy atom. The number of aryl methyl sites for hydroxylation is 1. The topological polar surface area (TPSA) is 136 Å². The average molecular weight is 488 g/mol. The minimum atomic E-state index is -0.0268. The summed E-state index contributed by atoms with van der Waals surface area (Å²) >= 11 is 0. The highest BCUT2D eigenvalue weighted by Gasteiger charge is 2.25. The molecule has 36 heavy (non-hydrogen) atoms. The number of aromatic amines is 2. The number of benzene rings is 1. The molecule has 2 unspecified atom stereocenters. The van der Waals surface area contributed by atoms with E-state index in [2.05, 4.69) is 61.9 Å². The summed E-state index contributed by atoms with van der Waals surface area (Å²) in [6.45, 7) is 8.44. The Morgan fingerprint density at radius 1 is 1.08 bits per heavy atom. The number of nitrogens with zero attached hydrogens (tertiary/aromatic N) is 4. The molecule has 3 aromatic heterocycles. The van der Waals surface area contributed by atoms with Gasteiger partial charge >= 0.3 is 0 Å². The Bertz CT molecular complexity index is 1350. The number of carbonyl (C=O) groups is 1. The predicted octanol–water partition coefficient (Wildman–Crippen LogP) is 4.58. The van der Waals surface area contributed by atoms with E-state index in [9.17, 15) is 4.79 Å². The standard InChI is InChI=1S/C26H33N9O/c1-15-20(13-29-35-15)32-25-33-22-21(27-14-28-22)23(34-25)30-18-6-5-7-19(12-18)31-24(36)16-8-10-17(11-9-16)26(2,3)4/h8-11,13-14,18-19H,5-7,12H2,1-4H3,(H,29,35)(H,31,36)(H3,27,28,30,32,33,34). The van der Waals surface area contributed by atoms with E-state index in [0.29, 0.717) is 23.0 Å². The van der Waals surface area contributed by atoms with Gasteiger partial charge in [0.05, 0.1) is 23.9 Å². The third-order valence-electron chi connectivity index (χ3n) is 6.73. The molecule has 1 aromatic carbocycles. The molecule has 4 aromatic rings. The summed E-state index contributed by atoms with van der Waals surface area (Å²) in [7, 11) is 0. The van der Waals surface area contributed by atoms with Gasteiger partial charge in [-0.15, -0.1) is 0 Å². The number of imidazole rings is 1. The molecule has 0 bridgehead atoms. The van der Waals surface area contributed by atoms with Crippen LogP contribution in [-0.4, -0.2) is 48.1 Å². The number of anilines is 3. The van der Waals surface area contributed by atoms with Gasteiger partial charge < -0.3 is 20.9 Å². The molecule has 1 saturated carbocycles. The average Bonchev–Trinajstić information content (AvgIpc) is 3.48. The lowest BCUT2D eigenvalue weighted by Crippen LogP contribution is -2.42. The summed E-state index contributed by atoms with van der Waals surface area (Å²) in [4.78, 5) is 29.6. The number of aromatic nitrogens is 6. The SMILES string of the molecule is Cc1[nH]ncc1Nc1nc(NC2CCCC(NC(=O)c3ccc(C(C)(C)C)cc3)C2)c2[nH]cnc2n1. The number of fused-ring (bicyclic) bond motifs is 1. The van der Waals surface area contributed by atoms with Crippen molar-refractivity contribution in [1.82, 2.24) is 35.5 Å². The van der Waals surface area contributed by atoms with E-state index >= 15 is 0 Å². The van der Waals surface area contributed by atoms with E-state index in [1.165, 1.54) is 5.56 Å². The lowest BCUT2D eigenvalue weighted by molar-refractivity contribution is 0.0926. The molecule has 1 aliphatic carbocycles. The third-order valence-corrected chi connectivity index (χ3v) is 6.73. The van der Waals surface area contributed by atoms with Crippen LogP contribution in [0.3, 0.4) is 0 Å². The van der Waals surface area contributed by atoms with Crippen molar-refractivity contribution >= 4 is 34.5 Å². The molecular weight excluding hydrogens is 454 g/mol. The number of hydrogen-bond acceptors (Lipinski definition) is 7. The monoisotopic (exact) mass is 487 g/mol. The molecule has 1 amide bonds. The molecule has 10 nitrogen and oxygen atoms in total. The van der Waals surface area contributed by atoms with Gasteiger partial charge in [0, 0.05) is 17.6 Å². The molecule has 5 rings (SSSR count). The van der Waals surface area contributed by atoms with Crippen LogP contribution < -0.4 is 16.0 Å². The van der Waals surface area contributed by atoms with Gasteiger partial charge in [0.25, 0.3) is 5.91 Å². The van der Waals surface area contributed by atoms with Crippen molar-refractivity contribution in [3.63, 3.8) is 0 Å². The zero-order valence-electron chi connectivity index (χ0n) is 21.1. The fourth-order valence-corrected chi connectivity index (χ4v) is 4.63. The summed E-state index contributed by atoms with van der Waals surface area (Å²) in [5.41, 5.74) is 5.02. The molecule has 0 spiro atoms. The zero-order valence-corrected chi connectivity index (χ0v) is 21.1. The van der Waals surface area contributed by atoms with E-state index in [-0.39, 0.29) is 23.4 Å². The van der Waals surface area contributed by atoms with Crippen LogP contribution in [0, 0.1) is 6.92 Å². The fourth-order valence-electron chi connectivity index (χ4n) is 4.63. The second kappa shape index (κ2) is 9.60. The quantitative estimate of drug-likeness (QED) is 0.268. The van der Waals surface area contributed by atoms with Crippen LogP contribution in [0.25, 0.3) is 11.2 Å². The Hall–Kier alpha value is -3.95. The smallest absolute Gasteiger partial charge is 0.251 e. The van der Waals surface area contributed by atoms with Crippen LogP contribution in [0.15, 0.2) is 36.8 Å². The Balaban J connectivity index is 1.26. The summed E-state index contributed by atoms with van der Waals surface area (Å²) in [5.74, 6) is 1.11. The summed E-state index contributed by atoms with van der Waals surface area (Å²) in [5, 5.41) is 17.0. The van der Waals surface area contributed by atoms with E-state index < -0.39 is 0 Å². The molecule has 0 radical (unpaired) electrons. The van der Waals surface area contributed by atoms with Gasteiger partial charge in [-0.2, -0.15) is 15.1 Å². The molecule has 1 fully saturated rings. The van der Waals surface area contributed by atoms with Crippen LogP contribution in [0.5, 0.6) is 0 Å². The van der Waals surface area contributed by atoms with Crippen molar-refractivity contribution in [2.24, 2.45) is 0 Å². The number of amides is 1. The summed E-state index contributed by atoms with van der Waals surface area (Å²) < 4.78 is 0. The lowest BCUT2D eigenvalue weighted by atomic mass is 9.86. The first-order valence-corrected chi connectivity index (χ1v) is 12.4. The normalized spacial score (nSPS) is 18.2. The molecule has 0 aliphatic heterocycles. The number of rotatable bonds is 6. The van der Waals surface area contributed by atoms with Crippen molar-refractivity contribution < 1.29 is 4.79 Å². The second-order valence-electron chi connectivity index (χ2n) is 10.5. The first-order chi connectivity index (χ1) is 17.3. The lowest BCUT2D eigenvalue weighted by Gasteiger charge is -2.31. The van der Waals surface area contributed by atoms with Crippen LogP contribution >= 0.6 is 0 Å². The Labute approximate surface area is 210 Å². The highest BCUT2D eigenvalue weighted by molar-refractivity contribution is 5.94. The number of H-pyrrole nitrogens is 2. The summed E-state index contributed by atoms with van der Waals surface area (Å²) in [6, 6.07) is 8.18. The molecule has 0 saturated heterocycles. The van der Waals surface area contributed by atoms with E-state index in [0.717, 1.165) is 42.6 Å². The number of carbonyl (C=O) groups excluding carboxylic acids is 1. The van der Waals surface area contributed by atoms with Gasteiger partial charge in [-0.1, -0.05) is 32.9 Å². The molecule has 3 heterocycles. The maximum atomic E-state index is 12.9. The molecular formula is C26H33N9O. The van der Waals surface area contributed by atoms with E-state index in [4.69, 9.17) is 4.98 Å². The molecule has 2 atom stereocenters. The Kier molecular flexibility index (Phi) is 6.34. The molecule has 188 valence electrons.